The molecule has 8 nitrogen and oxygen atoms in total. The quantitative estimate of drug-likeness (QED) is 0.283. The van der Waals surface area contributed by atoms with Gasteiger partial charge in [-0.3, -0.25) is 9.59 Å². The van der Waals surface area contributed by atoms with Gasteiger partial charge in [0.25, 0.3) is 0 Å². The number of hydrazone groups is 2. The van der Waals surface area contributed by atoms with Gasteiger partial charge < -0.3 is 9.47 Å². The highest BCUT2D eigenvalue weighted by atomic mass is 16.5. The Labute approximate surface area is 188 Å². The lowest BCUT2D eigenvalue weighted by atomic mass is 10.1. The molecule has 0 radical (unpaired) electrons. The van der Waals surface area contributed by atoms with E-state index in [9.17, 15) is 9.59 Å². The summed E-state index contributed by atoms with van der Waals surface area (Å²) in [5, 5.41) is 7.91. The van der Waals surface area contributed by atoms with Crippen molar-refractivity contribution < 1.29 is 19.1 Å². The summed E-state index contributed by atoms with van der Waals surface area (Å²) in [7, 11) is 3.22. The Bertz CT molecular complexity index is 818. The second-order valence-electron chi connectivity index (χ2n) is 7.05. The van der Waals surface area contributed by atoms with Crippen molar-refractivity contribution in [1.82, 2.24) is 10.9 Å². The van der Waals surface area contributed by atoms with Crippen molar-refractivity contribution in [1.29, 1.82) is 0 Å². The highest BCUT2D eigenvalue weighted by molar-refractivity contribution is 5.83. The van der Waals surface area contributed by atoms with Crippen molar-refractivity contribution in [2.75, 3.05) is 14.2 Å². The lowest BCUT2D eigenvalue weighted by Gasteiger charge is -2.02. The summed E-state index contributed by atoms with van der Waals surface area (Å²) in [6, 6.07) is 14.7. The zero-order valence-electron chi connectivity index (χ0n) is 18.5. The van der Waals surface area contributed by atoms with Crippen LogP contribution in [-0.4, -0.2) is 38.5 Å². The highest BCUT2D eigenvalue weighted by Crippen LogP contribution is 2.10. The maximum Gasteiger partial charge on any atom is 0.240 e. The van der Waals surface area contributed by atoms with E-state index >= 15 is 0 Å². The molecule has 0 heterocycles. The van der Waals surface area contributed by atoms with Crippen molar-refractivity contribution >= 4 is 24.2 Å². The molecule has 0 aromatic heterocycles. The van der Waals surface area contributed by atoms with Crippen LogP contribution in [0.25, 0.3) is 0 Å². The Morgan fingerprint density at radius 2 is 1.06 bits per heavy atom. The van der Waals surface area contributed by atoms with Gasteiger partial charge in [-0.1, -0.05) is 12.8 Å². The van der Waals surface area contributed by atoms with Gasteiger partial charge in [-0.2, -0.15) is 10.2 Å². The summed E-state index contributed by atoms with van der Waals surface area (Å²) in [5.74, 6) is 1.29. The van der Waals surface area contributed by atoms with Crippen LogP contribution in [-0.2, 0) is 9.59 Å². The molecular weight excluding hydrogens is 408 g/mol. The third kappa shape index (κ3) is 9.88. The van der Waals surface area contributed by atoms with Crippen molar-refractivity contribution in [3.63, 3.8) is 0 Å². The van der Waals surface area contributed by atoms with Crippen LogP contribution in [0.4, 0.5) is 0 Å². The fourth-order valence-electron chi connectivity index (χ4n) is 2.77. The number of methoxy groups -OCH3 is 2. The number of carbonyl (C=O) groups is 2. The Hall–Kier alpha value is -3.68. The molecule has 0 unspecified atom stereocenters. The second kappa shape index (κ2) is 14.3. The molecule has 2 rings (SSSR count). The van der Waals surface area contributed by atoms with E-state index in [1.165, 1.54) is 0 Å². The number of hydrogen-bond donors (Lipinski definition) is 2. The standard InChI is InChI=1S/C24H30N4O4/c1-31-21-13-9-19(10-14-21)17-25-27-23(29)7-5-3-4-6-8-24(30)28-26-18-20-11-15-22(32-2)16-12-20/h9-18H,3-8H2,1-2H3,(H,27,29)(H,28,30)/b25-17-,26-18-. The fraction of sp³-hybridized carbons (Fsp3) is 0.333. The summed E-state index contributed by atoms with van der Waals surface area (Å²) in [4.78, 5) is 23.6. The van der Waals surface area contributed by atoms with Gasteiger partial charge in [-0.15, -0.1) is 0 Å². The number of rotatable bonds is 13. The number of ether oxygens (including phenoxy) is 2. The third-order valence-electron chi connectivity index (χ3n) is 4.60. The Balaban J connectivity index is 1.50. The monoisotopic (exact) mass is 438 g/mol. The average molecular weight is 439 g/mol. The van der Waals surface area contributed by atoms with Crippen LogP contribution in [0.1, 0.15) is 49.7 Å². The van der Waals surface area contributed by atoms with Gasteiger partial charge in [0.1, 0.15) is 11.5 Å². The lowest BCUT2D eigenvalue weighted by Crippen LogP contribution is -2.17. The number of carbonyl (C=O) groups excluding carboxylic acids is 2. The van der Waals surface area contributed by atoms with E-state index in [1.54, 1.807) is 26.6 Å². The van der Waals surface area contributed by atoms with E-state index in [-0.39, 0.29) is 11.8 Å². The van der Waals surface area contributed by atoms with E-state index in [0.717, 1.165) is 48.3 Å². The molecule has 0 bridgehead atoms. The number of nitrogens with zero attached hydrogens (tertiary/aromatic N) is 2. The molecule has 2 amide bonds. The van der Waals surface area contributed by atoms with Crippen LogP contribution in [0, 0.1) is 0 Å². The Kier molecular flexibility index (Phi) is 11.0. The predicted octanol–water partition coefficient (Wildman–Crippen LogP) is 3.64. The van der Waals surface area contributed by atoms with Crippen LogP contribution in [0.3, 0.4) is 0 Å². The molecule has 170 valence electrons. The topological polar surface area (TPSA) is 101 Å². The number of unbranched alkanes of at least 4 members (excludes halogenated alkanes) is 3. The predicted molar refractivity (Wildman–Crippen MR) is 125 cm³/mol. The van der Waals surface area contributed by atoms with Gasteiger partial charge in [0.2, 0.25) is 11.8 Å². The second-order valence-corrected chi connectivity index (χ2v) is 7.05. The summed E-state index contributed by atoms with van der Waals surface area (Å²) >= 11 is 0. The van der Waals surface area contributed by atoms with Crippen LogP contribution in [0.5, 0.6) is 11.5 Å². The lowest BCUT2D eigenvalue weighted by molar-refractivity contribution is -0.122. The summed E-state index contributed by atoms with van der Waals surface area (Å²) < 4.78 is 10.2. The number of benzene rings is 2. The van der Waals surface area contributed by atoms with Crippen molar-refractivity contribution in [3.05, 3.63) is 59.7 Å². The van der Waals surface area contributed by atoms with Gasteiger partial charge in [0, 0.05) is 12.8 Å². The molecule has 0 atom stereocenters. The molecule has 0 aliphatic heterocycles. The molecule has 0 spiro atoms. The van der Waals surface area contributed by atoms with Crippen LogP contribution >= 0.6 is 0 Å². The zero-order valence-corrected chi connectivity index (χ0v) is 18.5. The van der Waals surface area contributed by atoms with Gasteiger partial charge in [0.05, 0.1) is 26.6 Å². The van der Waals surface area contributed by atoms with Gasteiger partial charge in [-0.25, -0.2) is 10.9 Å². The molecule has 0 saturated carbocycles. The minimum atomic E-state index is -0.125. The molecule has 32 heavy (non-hydrogen) atoms. The molecule has 8 heteroatoms. The number of amides is 2. The van der Waals surface area contributed by atoms with E-state index in [2.05, 4.69) is 21.1 Å². The van der Waals surface area contributed by atoms with Crippen LogP contribution < -0.4 is 20.3 Å². The fourth-order valence-corrected chi connectivity index (χ4v) is 2.77. The van der Waals surface area contributed by atoms with Crippen molar-refractivity contribution in [2.45, 2.75) is 38.5 Å². The molecule has 2 N–H and O–H groups in total. The smallest absolute Gasteiger partial charge is 0.240 e. The Morgan fingerprint density at radius 1 is 0.688 bits per heavy atom. The maximum atomic E-state index is 11.8. The molecule has 0 saturated heterocycles. The zero-order chi connectivity index (χ0) is 23.0. The molecule has 2 aromatic rings. The van der Waals surface area contributed by atoms with E-state index in [4.69, 9.17) is 9.47 Å². The van der Waals surface area contributed by atoms with Crippen LogP contribution in [0.2, 0.25) is 0 Å². The first-order valence-electron chi connectivity index (χ1n) is 10.5. The minimum Gasteiger partial charge on any atom is -0.497 e. The molecule has 0 aliphatic carbocycles. The summed E-state index contributed by atoms with van der Waals surface area (Å²) in [6.07, 6.45) is 7.23. The largest absolute Gasteiger partial charge is 0.497 e. The van der Waals surface area contributed by atoms with E-state index in [1.807, 2.05) is 48.5 Å². The molecule has 0 fully saturated rings. The first kappa shape index (κ1) is 24.6. The number of hydrogen-bond acceptors (Lipinski definition) is 6. The Morgan fingerprint density at radius 3 is 1.41 bits per heavy atom. The van der Waals surface area contributed by atoms with Gasteiger partial charge in [-0.05, 0) is 72.5 Å². The summed E-state index contributed by atoms with van der Waals surface area (Å²) in [6.45, 7) is 0. The first-order chi connectivity index (χ1) is 15.6. The average Bonchev–Trinajstić information content (AvgIpc) is 2.82. The highest BCUT2D eigenvalue weighted by Gasteiger charge is 2.02. The molecular formula is C24H30N4O4. The molecule has 2 aromatic carbocycles. The third-order valence-corrected chi connectivity index (χ3v) is 4.60. The van der Waals surface area contributed by atoms with E-state index in [0.29, 0.717) is 12.8 Å². The number of nitrogens with one attached hydrogen (secondary N) is 2. The maximum absolute atomic E-state index is 11.8. The molecule has 0 aliphatic rings. The normalized spacial score (nSPS) is 10.9. The van der Waals surface area contributed by atoms with Crippen molar-refractivity contribution in [3.8, 4) is 11.5 Å². The van der Waals surface area contributed by atoms with Gasteiger partial charge >= 0.3 is 0 Å². The SMILES string of the molecule is COc1ccc(/C=N\NC(=O)CCCCCCC(=O)N/N=C\c2ccc(OC)cc2)cc1. The van der Waals surface area contributed by atoms with Crippen LogP contribution in [0.15, 0.2) is 58.7 Å². The van der Waals surface area contributed by atoms with Gasteiger partial charge in [0.15, 0.2) is 0 Å². The van der Waals surface area contributed by atoms with Crippen molar-refractivity contribution in [2.24, 2.45) is 10.2 Å². The van der Waals surface area contributed by atoms with E-state index < -0.39 is 0 Å². The first-order valence-corrected chi connectivity index (χ1v) is 10.5. The summed E-state index contributed by atoms with van der Waals surface area (Å²) in [5.41, 5.74) is 6.79. The minimum absolute atomic E-state index is 0.125.